The first-order chi connectivity index (χ1) is 7.73. The molecule has 0 aliphatic rings. The van der Waals surface area contributed by atoms with Gasteiger partial charge in [-0.2, -0.15) is 0 Å². The third-order valence-electron chi connectivity index (χ3n) is 4.81. The van der Waals surface area contributed by atoms with Crippen LogP contribution in [0.5, 0.6) is 0 Å². The van der Waals surface area contributed by atoms with Crippen LogP contribution in [0.4, 0.5) is 0 Å². The van der Waals surface area contributed by atoms with E-state index in [1.54, 1.807) is 0 Å². The zero-order chi connectivity index (χ0) is 13.6. The third kappa shape index (κ3) is 5.93. The standard InChI is InChI=1S/C17H36/c1-9-11-16(13(3)4)12-15(10-2)14(5)17(6,7)8/h13-16H,9-12H2,1-8H3. The topological polar surface area (TPSA) is 0 Å². The molecular formula is C17H36. The maximum absolute atomic E-state index is 2.46. The van der Waals surface area contributed by atoms with Gasteiger partial charge in [-0.15, -0.1) is 0 Å². The normalized spacial score (nSPS) is 18.2. The van der Waals surface area contributed by atoms with Gasteiger partial charge in [0.2, 0.25) is 0 Å². The summed E-state index contributed by atoms with van der Waals surface area (Å²) in [6.45, 7) is 19.1. The summed E-state index contributed by atoms with van der Waals surface area (Å²) >= 11 is 0. The van der Waals surface area contributed by atoms with Crippen LogP contribution in [0.1, 0.15) is 81.1 Å². The van der Waals surface area contributed by atoms with Gasteiger partial charge in [-0.05, 0) is 35.5 Å². The van der Waals surface area contributed by atoms with Gasteiger partial charge in [-0.3, -0.25) is 0 Å². The molecule has 0 nitrogen and oxygen atoms in total. The van der Waals surface area contributed by atoms with Crippen LogP contribution in [0.3, 0.4) is 0 Å². The molecule has 0 saturated heterocycles. The lowest BCUT2D eigenvalue weighted by Gasteiger charge is -2.37. The van der Waals surface area contributed by atoms with Crippen molar-refractivity contribution in [1.29, 1.82) is 0 Å². The highest BCUT2D eigenvalue weighted by molar-refractivity contribution is 4.79. The zero-order valence-corrected chi connectivity index (χ0v) is 13.6. The minimum atomic E-state index is 0.453. The summed E-state index contributed by atoms with van der Waals surface area (Å²) in [6, 6.07) is 0. The molecule has 0 fully saturated rings. The van der Waals surface area contributed by atoms with E-state index >= 15 is 0 Å². The summed E-state index contributed by atoms with van der Waals surface area (Å²) in [7, 11) is 0. The molecule has 0 radical (unpaired) electrons. The monoisotopic (exact) mass is 240 g/mol. The predicted molar refractivity (Wildman–Crippen MR) is 80.3 cm³/mol. The second-order valence-electron chi connectivity index (χ2n) is 7.35. The van der Waals surface area contributed by atoms with Crippen LogP contribution in [-0.4, -0.2) is 0 Å². The van der Waals surface area contributed by atoms with Crippen molar-refractivity contribution >= 4 is 0 Å². The minimum absolute atomic E-state index is 0.453. The van der Waals surface area contributed by atoms with Crippen LogP contribution >= 0.6 is 0 Å². The molecule has 0 amide bonds. The van der Waals surface area contributed by atoms with Gasteiger partial charge >= 0.3 is 0 Å². The molecule has 0 aromatic heterocycles. The molecule has 0 aliphatic carbocycles. The first kappa shape index (κ1) is 17.0. The van der Waals surface area contributed by atoms with E-state index in [1.807, 2.05) is 0 Å². The fourth-order valence-corrected chi connectivity index (χ4v) is 2.91. The van der Waals surface area contributed by atoms with Crippen molar-refractivity contribution < 1.29 is 0 Å². The van der Waals surface area contributed by atoms with Crippen LogP contribution in [-0.2, 0) is 0 Å². The molecule has 0 rings (SSSR count). The molecule has 0 N–H and O–H groups in total. The Hall–Kier alpha value is 0. The fraction of sp³-hybridized carbons (Fsp3) is 1.00. The molecular weight excluding hydrogens is 204 g/mol. The van der Waals surface area contributed by atoms with Crippen molar-refractivity contribution in [3.63, 3.8) is 0 Å². The quantitative estimate of drug-likeness (QED) is 0.500. The number of hydrogen-bond donors (Lipinski definition) is 0. The lowest BCUT2D eigenvalue weighted by Crippen LogP contribution is -2.28. The van der Waals surface area contributed by atoms with Crippen LogP contribution in [0.15, 0.2) is 0 Å². The minimum Gasteiger partial charge on any atom is -0.0654 e. The second kappa shape index (κ2) is 7.44. The van der Waals surface area contributed by atoms with Crippen molar-refractivity contribution in [2.75, 3.05) is 0 Å². The fourth-order valence-electron chi connectivity index (χ4n) is 2.91. The molecule has 104 valence electrons. The predicted octanol–water partition coefficient (Wildman–Crippen LogP) is 6.16. The molecule has 3 atom stereocenters. The van der Waals surface area contributed by atoms with Crippen molar-refractivity contribution in [3.8, 4) is 0 Å². The Bertz CT molecular complexity index is 185. The van der Waals surface area contributed by atoms with E-state index in [4.69, 9.17) is 0 Å². The van der Waals surface area contributed by atoms with E-state index in [0.717, 1.165) is 23.7 Å². The highest BCUT2D eigenvalue weighted by Crippen LogP contribution is 2.38. The number of rotatable bonds is 7. The zero-order valence-electron chi connectivity index (χ0n) is 13.6. The van der Waals surface area contributed by atoms with Gasteiger partial charge in [0.05, 0.1) is 0 Å². The summed E-state index contributed by atoms with van der Waals surface area (Å²) in [5, 5.41) is 0. The third-order valence-corrected chi connectivity index (χ3v) is 4.81. The van der Waals surface area contributed by atoms with E-state index in [1.165, 1.54) is 25.7 Å². The smallest absolute Gasteiger partial charge is 0.0354 e. The van der Waals surface area contributed by atoms with E-state index in [-0.39, 0.29) is 0 Å². The summed E-state index contributed by atoms with van der Waals surface area (Å²) in [5.74, 6) is 3.49. The first-order valence-corrected chi connectivity index (χ1v) is 7.73. The van der Waals surface area contributed by atoms with Gasteiger partial charge in [0.1, 0.15) is 0 Å². The van der Waals surface area contributed by atoms with Gasteiger partial charge in [0.15, 0.2) is 0 Å². The van der Waals surface area contributed by atoms with Gasteiger partial charge in [0.25, 0.3) is 0 Å². The van der Waals surface area contributed by atoms with Crippen molar-refractivity contribution in [3.05, 3.63) is 0 Å². The van der Waals surface area contributed by atoms with Gasteiger partial charge < -0.3 is 0 Å². The molecule has 0 heteroatoms. The first-order valence-electron chi connectivity index (χ1n) is 7.73. The van der Waals surface area contributed by atoms with Crippen molar-refractivity contribution in [1.82, 2.24) is 0 Å². The maximum Gasteiger partial charge on any atom is -0.0354 e. The Kier molecular flexibility index (Phi) is 7.44. The molecule has 0 spiro atoms. The van der Waals surface area contributed by atoms with Crippen molar-refractivity contribution in [2.45, 2.75) is 81.1 Å². The maximum atomic E-state index is 2.46. The average Bonchev–Trinajstić information content (AvgIpc) is 2.21. The van der Waals surface area contributed by atoms with E-state index in [2.05, 4.69) is 55.4 Å². The van der Waals surface area contributed by atoms with E-state index < -0.39 is 0 Å². The molecule has 0 heterocycles. The highest BCUT2D eigenvalue weighted by atomic mass is 14.3. The Morgan fingerprint density at radius 1 is 0.882 bits per heavy atom. The molecule has 0 aromatic rings. The highest BCUT2D eigenvalue weighted by Gasteiger charge is 2.29. The molecule has 17 heavy (non-hydrogen) atoms. The Morgan fingerprint density at radius 3 is 1.71 bits per heavy atom. The molecule has 0 bridgehead atoms. The molecule has 0 aliphatic heterocycles. The molecule has 0 aromatic carbocycles. The summed E-state index contributed by atoms with van der Waals surface area (Å²) < 4.78 is 0. The second-order valence-corrected chi connectivity index (χ2v) is 7.35. The Labute approximate surface area is 111 Å². The SMILES string of the molecule is CCCC(CC(CC)C(C)C(C)(C)C)C(C)C. The summed E-state index contributed by atoms with van der Waals surface area (Å²) in [6.07, 6.45) is 5.51. The number of hydrogen-bond acceptors (Lipinski definition) is 0. The van der Waals surface area contributed by atoms with Gasteiger partial charge in [-0.25, -0.2) is 0 Å². The van der Waals surface area contributed by atoms with Crippen molar-refractivity contribution in [2.24, 2.45) is 29.1 Å². The summed E-state index contributed by atoms with van der Waals surface area (Å²) in [4.78, 5) is 0. The Balaban J connectivity index is 4.56. The molecule has 3 unspecified atom stereocenters. The van der Waals surface area contributed by atoms with Crippen LogP contribution in [0.25, 0.3) is 0 Å². The lowest BCUT2D eigenvalue weighted by molar-refractivity contribution is 0.133. The lowest BCUT2D eigenvalue weighted by atomic mass is 9.69. The largest absolute Gasteiger partial charge is 0.0654 e. The molecule has 0 saturated carbocycles. The van der Waals surface area contributed by atoms with Gasteiger partial charge in [-0.1, -0.05) is 74.7 Å². The van der Waals surface area contributed by atoms with Crippen LogP contribution < -0.4 is 0 Å². The average molecular weight is 240 g/mol. The van der Waals surface area contributed by atoms with Gasteiger partial charge in [0, 0.05) is 0 Å². The van der Waals surface area contributed by atoms with Crippen LogP contribution in [0, 0.1) is 29.1 Å². The van der Waals surface area contributed by atoms with E-state index in [0.29, 0.717) is 5.41 Å². The van der Waals surface area contributed by atoms with Crippen LogP contribution in [0.2, 0.25) is 0 Å². The Morgan fingerprint density at radius 2 is 1.41 bits per heavy atom. The van der Waals surface area contributed by atoms with E-state index in [9.17, 15) is 0 Å². The summed E-state index contributed by atoms with van der Waals surface area (Å²) in [5.41, 5.74) is 0.453.